The summed E-state index contributed by atoms with van der Waals surface area (Å²) in [6, 6.07) is 6.74. The fourth-order valence-electron chi connectivity index (χ4n) is 3.06. The maximum Gasteiger partial charge on any atom is 0.305 e. The molecule has 148 valence electrons. The van der Waals surface area contributed by atoms with Gasteiger partial charge in [0, 0.05) is 30.1 Å². The molecule has 8 heteroatoms. The van der Waals surface area contributed by atoms with Crippen molar-refractivity contribution in [1.82, 2.24) is 9.55 Å². The SMILES string of the molecule is COC(=O)CCCCCn1c(-c2ccc(Cl)cc2O)nc2cc(F)c(F)cc21. The number of hydrogen-bond acceptors (Lipinski definition) is 4. The number of benzene rings is 2. The van der Waals surface area contributed by atoms with Crippen molar-refractivity contribution < 1.29 is 23.4 Å². The van der Waals surface area contributed by atoms with Crippen molar-refractivity contribution in [2.75, 3.05) is 7.11 Å². The average Bonchev–Trinajstić information content (AvgIpc) is 2.98. The van der Waals surface area contributed by atoms with Crippen LogP contribution in [0.5, 0.6) is 5.75 Å². The van der Waals surface area contributed by atoms with E-state index in [0.29, 0.717) is 47.7 Å². The zero-order valence-electron chi connectivity index (χ0n) is 15.2. The van der Waals surface area contributed by atoms with Gasteiger partial charge in [0.1, 0.15) is 11.6 Å². The van der Waals surface area contributed by atoms with Gasteiger partial charge >= 0.3 is 5.97 Å². The number of phenolic OH excluding ortho intramolecular Hbond substituents is 1. The molecule has 1 aromatic heterocycles. The molecule has 0 atom stereocenters. The van der Waals surface area contributed by atoms with Gasteiger partial charge in [0.05, 0.1) is 23.7 Å². The second-order valence-corrected chi connectivity index (χ2v) is 6.83. The normalized spacial score (nSPS) is 11.1. The van der Waals surface area contributed by atoms with Crippen LogP contribution in [0.1, 0.15) is 25.7 Å². The summed E-state index contributed by atoms with van der Waals surface area (Å²) in [5, 5.41) is 10.6. The number of rotatable bonds is 7. The summed E-state index contributed by atoms with van der Waals surface area (Å²) in [6.45, 7) is 0.458. The maximum absolute atomic E-state index is 13.8. The second kappa shape index (κ2) is 8.56. The number of nitrogens with zero attached hydrogens (tertiary/aromatic N) is 2. The summed E-state index contributed by atoms with van der Waals surface area (Å²) < 4.78 is 33.8. The van der Waals surface area contributed by atoms with Crippen molar-refractivity contribution >= 4 is 28.6 Å². The lowest BCUT2D eigenvalue weighted by Crippen LogP contribution is -2.03. The molecule has 0 aliphatic carbocycles. The molecule has 0 radical (unpaired) electrons. The van der Waals surface area contributed by atoms with Gasteiger partial charge in [-0.2, -0.15) is 0 Å². The molecule has 0 amide bonds. The molecule has 0 bridgehead atoms. The van der Waals surface area contributed by atoms with Crippen LogP contribution in [0.4, 0.5) is 8.78 Å². The Balaban J connectivity index is 1.93. The van der Waals surface area contributed by atoms with Crippen molar-refractivity contribution in [3.05, 3.63) is 47.0 Å². The molecule has 0 unspecified atom stereocenters. The first-order valence-electron chi connectivity index (χ1n) is 8.81. The summed E-state index contributed by atoms with van der Waals surface area (Å²) in [6.07, 6.45) is 2.41. The predicted molar refractivity (Wildman–Crippen MR) is 102 cm³/mol. The number of fused-ring (bicyclic) bond motifs is 1. The Bertz CT molecular complexity index is 1020. The third-order valence-corrected chi connectivity index (χ3v) is 4.72. The Morgan fingerprint density at radius 1 is 1.18 bits per heavy atom. The smallest absolute Gasteiger partial charge is 0.305 e. The molecular weight excluding hydrogens is 390 g/mol. The number of methoxy groups -OCH3 is 1. The van der Waals surface area contributed by atoms with Gasteiger partial charge in [0.2, 0.25) is 0 Å². The van der Waals surface area contributed by atoms with Crippen LogP contribution >= 0.6 is 11.6 Å². The van der Waals surface area contributed by atoms with E-state index in [9.17, 15) is 18.7 Å². The van der Waals surface area contributed by atoms with Crippen LogP contribution in [0, 0.1) is 11.6 Å². The third kappa shape index (κ3) is 4.25. The van der Waals surface area contributed by atoms with E-state index in [1.54, 1.807) is 16.7 Å². The van der Waals surface area contributed by atoms with Crippen LogP contribution in [0.25, 0.3) is 22.4 Å². The zero-order valence-corrected chi connectivity index (χ0v) is 16.0. The molecule has 3 rings (SSSR count). The van der Waals surface area contributed by atoms with Gasteiger partial charge in [0.15, 0.2) is 11.6 Å². The average molecular weight is 409 g/mol. The molecule has 0 spiro atoms. The number of aryl methyl sites for hydroxylation is 1. The van der Waals surface area contributed by atoms with Gasteiger partial charge in [0.25, 0.3) is 0 Å². The topological polar surface area (TPSA) is 64.3 Å². The second-order valence-electron chi connectivity index (χ2n) is 6.39. The molecule has 0 fully saturated rings. The fraction of sp³-hybridized carbons (Fsp3) is 0.300. The summed E-state index contributed by atoms with van der Waals surface area (Å²) in [5.74, 6) is -1.90. The lowest BCUT2D eigenvalue weighted by atomic mass is 10.1. The van der Waals surface area contributed by atoms with E-state index in [4.69, 9.17) is 11.6 Å². The summed E-state index contributed by atoms with van der Waals surface area (Å²) in [5.41, 5.74) is 1.13. The minimum Gasteiger partial charge on any atom is -0.507 e. The van der Waals surface area contributed by atoms with Crippen LogP contribution in [0.2, 0.25) is 5.02 Å². The molecular formula is C20H19ClF2N2O3. The molecule has 0 saturated carbocycles. The molecule has 2 aromatic carbocycles. The van der Waals surface area contributed by atoms with E-state index in [1.165, 1.54) is 13.2 Å². The number of phenols is 1. The number of aromatic hydroxyl groups is 1. The van der Waals surface area contributed by atoms with Crippen molar-refractivity contribution in [3.63, 3.8) is 0 Å². The highest BCUT2D eigenvalue weighted by Crippen LogP contribution is 2.34. The quantitative estimate of drug-likeness (QED) is 0.437. The highest BCUT2D eigenvalue weighted by molar-refractivity contribution is 6.30. The number of imidazole rings is 1. The van der Waals surface area contributed by atoms with E-state index < -0.39 is 11.6 Å². The third-order valence-electron chi connectivity index (χ3n) is 4.48. The first kappa shape index (κ1) is 20.1. The Hall–Kier alpha value is -2.67. The number of aromatic nitrogens is 2. The Morgan fingerprint density at radius 2 is 1.93 bits per heavy atom. The number of carbonyl (C=O) groups excluding carboxylic acids is 1. The van der Waals surface area contributed by atoms with Crippen molar-refractivity contribution in [1.29, 1.82) is 0 Å². The van der Waals surface area contributed by atoms with Gasteiger partial charge in [-0.25, -0.2) is 13.8 Å². The number of hydrogen-bond donors (Lipinski definition) is 1. The largest absolute Gasteiger partial charge is 0.507 e. The van der Waals surface area contributed by atoms with Crippen LogP contribution in [0.3, 0.4) is 0 Å². The van der Waals surface area contributed by atoms with Gasteiger partial charge in [-0.05, 0) is 31.0 Å². The highest BCUT2D eigenvalue weighted by Gasteiger charge is 2.18. The van der Waals surface area contributed by atoms with Gasteiger partial charge in [-0.1, -0.05) is 18.0 Å². The monoisotopic (exact) mass is 408 g/mol. The molecule has 0 aliphatic rings. The predicted octanol–water partition coefficient (Wildman–Crippen LogP) is 5.07. The van der Waals surface area contributed by atoms with Crippen molar-refractivity contribution in [2.24, 2.45) is 0 Å². The molecule has 5 nitrogen and oxygen atoms in total. The van der Waals surface area contributed by atoms with E-state index in [-0.39, 0.29) is 17.2 Å². The molecule has 3 aromatic rings. The maximum atomic E-state index is 13.8. The lowest BCUT2D eigenvalue weighted by Gasteiger charge is -2.11. The first-order chi connectivity index (χ1) is 13.4. The molecule has 0 aliphatic heterocycles. The van der Waals surface area contributed by atoms with E-state index >= 15 is 0 Å². The van der Waals surface area contributed by atoms with Gasteiger partial charge in [-0.15, -0.1) is 0 Å². The minimum atomic E-state index is -0.984. The van der Waals surface area contributed by atoms with Crippen molar-refractivity contribution in [2.45, 2.75) is 32.2 Å². The van der Waals surface area contributed by atoms with Crippen LogP contribution in [0.15, 0.2) is 30.3 Å². The van der Waals surface area contributed by atoms with Crippen LogP contribution in [-0.4, -0.2) is 27.7 Å². The van der Waals surface area contributed by atoms with Gasteiger partial charge < -0.3 is 14.4 Å². The fourth-order valence-corrected chi connectivity index (χ4v) is 3.23. The molecule has 1 N–H and O–H groups in total. The Labute approximate surface area is 165 Å². The Kier molecular flexibility index (Phi) is 6.14. The number of halogens is 3. The number of esters is 1. The lowest BCUT2D eigenvalue weighted by molar-refractivity contribution is -0.140. The zero-order chi connectivity index (χ0) is 20.3. The van der Waals surface area contributed by atoms with E-state index in [2.05, 4.69) is 9.72 Å². The first-order valence-corrected chi connectivity index (χ1v) is 9.19. The number of carbonyl (C=O) groups is 1. The summed E-state index contributed by atoms with van der Waals surface area (Å²) >= 11 is 5.90. The number of unbranched alkanes of at least 4 members (excludes halogenated alkanes) is 2. The molecule has 1 heterocycles. The summed E-state index contributed by atoms with van der Waals surface area (Å²) in [7, 11) is 1.35. The van der Waals surface area contributed by atoms with Crippen LogP contribution < -0.4 is 0 Å². The van der Waals surface area contributed by atoms with E-state index in [0.717, 1.165) is 18.6 Å². The van der Waals surface area contributed by atoms with Crippen LogP contribution in [-0.2, 0) is 16.1 Å². The highest BCUT2D eigenvalue weighted by atomic mass is 35.5. The van der Waals surface area contributed by atoms with Gasteiger partial charge in [-0.3, -0.25) is 4.79 Å². The van der Waals surface area contributed by atoms with Crippen molar-refractivity contribution in [3.8, 4) is 17.1 Å². The summed E-state index contributed by atoms with van der Waals surface area (Å²) in [4.78, 5) is 15.6. The standard InChI is InChI=1S/C20H19ClF2N2O3/c1-28-19(27)5-3-2-4-8-25-17-11-15(23)14(22)10-16(17)24-20(25)13-7-6-12(21)9-18(13)26/h6-7,9-11,26H,2-5,8H2,1H3. The molecule has 0 saturated heterocycles. The Morgan fingerprint density at radius 3 is 2.64 bits per heavy atom. The molecule has 28 heavy (non-hydrogen) atoms. The van der Waals surface area contributed by atoms with E-state index in [1.807, 2.05) is 0 Å². The number of ether oxygens (including phenoxy) is 1. The minimum absolute atomic E-state index is 0.0734.